The number of hydrogen-bond donors (Lipinski definition) is 0. The lowest BCUT2D eigenvalue weighted by Gasteiger charge is -2.14. The highest BCUT2D eigenvalue weighted by Crippen LogP contribution is 2.46. The molecule has 40 heavy (non-hydrogen) atoms. The molecule has 0 unspecified atom stereocenters. The molecule has 0 radical (unpaired) electrons. The molecule has 0 atom stereocenters. The first-order valence-corrected chi connectivity index (χ1v) is 13.5. The number of benzene rings is 5. The van der Waals surface area contributed by atoms with Crippen molar-refractivity contribution < 1.29 is 0 Å². The van der Waals surface area contributed by atoms with Gasteiger partial charge in [-0.1, -0.05) is 84.9 Å². The van der Waals surface area contributed by atoms with E-state index in [9.17, 15) is 0 Å². The molecule has 4 aromatic heterocycles. The monoisotopic (exact) mass is 510 g/mol. The molecule has 4 heterocycles. The van der Waals surface area contributed by atoms with Crippen LogP contribution in [0, 0.1) is 0 Å². The summed E-state index contributed by atoms with van der Waals surface area (Å²) < 4.78 is 4.78. The molecule has 0 aliphatic rings. The van der Waals surface area contributed by atoms with E-state index >= 15 is 0 Å². The maximum Gasteiger partial charge on any atom is 0.145 e. The standard InChI is InChI=1S/C36H22N4/c1-2-12-24(13-3-1)39-29-18-8-6-15-26(29)31-28-17-10-21-37-33(28)32-27-16-7-9-19-30(27)40(35(32)34(31)39)36-25-14-5-4-11-23(25)20-22-38-36/h1-22H. The molecule has 0 saturated heterocycles. The third-order valence-electron chi connectivity index (χ3n) is 8.17. The summed E-state index contributed by atoms with van der Waals surface area (Å²) in [6.07, 6.45) is 3.83. The minimum absolute atomic E-state index is 0.922. The summed E-state index contributed by atoms with van der Waals surface area (Å²) in [5, 5.41) is 8.17. The second kappa shape index (κ2) is 8.01. The Morgan fingerprint density at radius 3 is 1.88 bits per heavy atom. The zero-order valence-electron chi connectivity index (χ0n) is 21.5. The van der Waals surface area contributed by atoms with Gasteiger partial charge in [0.05, 0.1) is 27.6 Å². The van der Waals surface area contributed by atoms with Crippen LogP contribution in [0.2, 0.25) is 0 Å². The highest BCUT2D eigenvalue weighted by Gasteiger charge is 2.25. The van der Waals surface area contributed by atoms with Crippen LogP contribution < -0.4 is 0 Å². The van der Waals surface area contributed by atoms with Crippen molar-refractivity contribution >= 4 is 65.3 Å². The van der Waals surface area contributed by atoms with Gasteiger partial charge in [-0.05, 0) is 41.8 Å². The van der Waals surface area contributed by atoms with Gasteiger partial charge in [0.1, 0.15) is 5.82 Å². The Balaban J connectivity index is 1.67. The minimum Gasteiger partial charge on any atom is -0.307 e. The van der Waals surface area contributed by atoms with E-state index in [2.05, 4.69) is 124 Å². The number of nitrogens with zero attached hydrogens (tertiary/aromatic N) is 4. The highest BCUT2D eigenvalue weighted by atomic mass is 15.1. The average molecular weight is 511 g/mol. The van der Waals surface area contributed by atoms with Crippen molar-refractivity contribution in [3.05, 3.63) is 134 Å². The van der Waals surface area contributed by atoms with Gasteiger partial charge in [0.15, 0.2) is 0 Å². The Morgan fingerprint density at radius 1 is 0.425 bits per heavy atom. The molecule has 9 aromatic rings. The first kappa shape index (κ1) is 21.5. The van der Waals surface area contributed by atoms with Crippen LogP contribution in [0.15, 0.2) is 134 Å². The topological polar surface area (TPSA) is 35.6 Å². The van der Waals surface area contributed by atoms with Crippen LogP contribution in [0.4, 0.5) is 0 Å². The van der Waals surface area contributed by atoms with E-state index in [1.807, 2.05) is 18.5 Å². The number of rotatable bonds is 2. The van der Waals surface area contributed by atoms with Crippen molar-refractivity contribution in [1.82, 2.24) is 19.1 Å². The summed E-state index contributed by atoms with van der Waals surface area (Å²) in [5.74, 6) is 0.922. The van der Waals surface area contributed by atoms with Crippen molar-refractivity contribution in [3.8, 4) is 11.5 Å². The number of fused-ring (bicyclic) bond motifs is 11. The van der Waals surface area contributed by atoms with Crippen molar-refractivity contribution in [3.63, 3.8) is 0 Å². The Labute approximate surface area is 229 Å². The summed E-state index contributed by atoms with van der Waals surface area (Å²) in [7, 11) is 0. The van der Waals surface area contributed by atoms with Crippen molar-refractivity contribution in [1.29, 1.82) is 0 Å². The third kappa shape index (κ3) is 2.74. The van der Waals surface area contributed by atoms with Crippen LogP contribution in [-0.4, -0.2) is 19.1 Å². The van der Waals surface area contributed by atoms with Crippen molar-refractivity contribution in [2.45, 2.75) is 0 Å². The number of aromatic nitrogens is 4. The van der Waals surface area contributed by atoms with E-state index in [0.29, 0.717) is 0 Å². The lowest BCUT2D eigenvalue weighted by Crippen LogP contribution is -2.01. The van der Waals surface area contributed by atoms with Crippen LogP contribution in [0.1, 0.15) is 0 Å². The normalized spacial score (nSPS) is 12.0. The van der Waals surface area contributed by atoms with E-state index in [-0.39, 0.29) is 0 Å². The predicted molar refractivity (Wildman–Crippen MR) is 166 cm³/mol. The fourth-order valence-corrected chi connectivity index (χ4v) is 6.59. The van der Waals surface area contributed by atoms with Gasteiger partial charge in [-0.3, -0.25) is 9.55 Å². The molecule has 186 valence electrons. The quantitative estimate of drug-likeness (QED) is 0.233. The molecule has 0 fully saturated rings. The molecule has 0 aliphatic heterocycles. The molecule has 0 saturated carbocycles. The molecule has 5 aromatic carbocycles. The predicted octanol–water partition coefficient (Wildman–Crippen LogP) is 8.98. The fraction of sp³-hybridized carbons (Fsp3) is 0. The lowest BCUT2D eigenvalue weighted by molar-refractivity contribution is 1.09. The molecular weight excluding hydrogens is 488 g/mol. The summed E-state index contributed by atoms with van der Waals surface area (Å²) in [5.41, 5.74) is 6.70. The molecule has 4 heteroatoms. The van der Waals surface area contributed by atoms with Gasteiger partial charge in [-0.25, -0.2) is 4.98 Å². The van der Waals surface area contributed by atoms with Gasteiger partial charge in [0, 0.05) is 50.4 Å². The minimum atomic E-state index is 0.922. The van der Waals surface area contributed by atoms with E-state index < -0.39 is 0 Å². The first-order chi connectivity index (χ1) is 19.9. The van der Waals surface area contributed by atoms with Crippen molar-refractivity contribution in [2.75, 3.05) is 0 Å². The Hall–Kier alpha value is -5.48. The Kier molecular flexibility index (Phi) is 4.30. The molecule has 9 rings (SSSR count). The van der Waals surface area contributed by atoms with Crippen LogP contribution in [-0.2, 0) is 0 Å². The molecule has 0 amide bonds. The largest absolute Gasteiger partial charge is 0.307 e. The van der Waals surface area contributed by atoms with Gasteiger partial charge in [-0.2, -0.15) is 0 Å². The van der Waals surface area contributed by atoms with E-state index in [1.54, 1.807) is 0 Å². The number of hydrogen-bond acceptors (Lipinski definition) is 2. The summed E-state index contributed by atoms with van der Waals surface area (Å²) in [6.45, 7) is 0. The zero-order valence-corrected chi connectivity index (χ0v) is 21.5. The maximum absolute atomic E-state index is 5.03. The van der Waals surface area contributed by atoms with Crippen LogP contribution in [0.3, 0.4) is 0 Å². The second-order valence-electron chi connectivity index (χ2n) is 10.2. The van der Waals surface area contributed by atoms with Crippen molar-refractivity contribution in [2.24, 2.45) is 0 Å². The Bertz CT molecular complexity index is 2430. The Morgan fingerprint density at radius 2 is 1.05 bits per heavy atom. The average Bonchev–Trinajstić information content (AvgIpc) is 3.55. The number of pyridine rings is 2. The van der Waals surface area contributed by atoms with Gasteiger partial charge >= 0.3 is 0 Å². The lowest BCUT2D eigenvalue weighted by atomic mass is 10.0. The second-order valence-corrected chi connectivity index (χ2v) is 10.2. The summed E-state index contributed by atoms with van der Waals surface area (Å²) in [4.78, 5) is 10.1. The smallest absolute Gasteiger partial charge is 0.145 e. The molecule has 0 N–H and O–H groups in total. The fourth-order valence-electron chi connectivity index (χ4n) is 6.59. The SMILES string of the molecule is c1ccc(-n2c3ccccc3c3c4cccnc4c4c5ccccc5n(-c5nccc6ccccc56)c4c32)cc1. The molecule has 0 aliphatic carbocycles. The molecule has 4 nitrogen and oxygen atoms in total. The summed E-state index contributed by atoms with van der Waals surface area (Å²) >= 11 is 0. The van der Waals surface area contributed by atoms with Crippen LogP contribution in [0.25, 0.3) is 76.8 Å². The molecule has 0 spiro atoms. The van der Waals surface area contributed by atoms with Crippen LogP contribution in [0.5, 0.6) is 0 Å². The van der Waals surface area contributed by atoms with E-state index in [4.69, 9.17) is 9.97 Å². The maximum atomic E-state index is 5.03. The zero-order chi connectivity index (χ0) is 26.2. The first-order valence-electron chi connectivity index (χ1n) is 13.5. The van der Waals surface area contributed by atoms with Gasteiger partial charge in [-0.15, -0.1) is 0 Å². The van der Waals surface area contributed by atoms with Crippen LogP contribution >= 0.6 is 0 Å². The van der Waals surface area contributed by atoms with E-state index in [0.717, 1.165) is 55.1 Å². The van der Waals surface area contributed by atoms with Gasteiger partial charge in [0.25, 0.3) is 0 Å². The molecule has 0 bridgehead atoms. The van der Waals surface area contributed by atoms with Gasteiger partial charge in [0.2, 0.25) is 0 Å². The van der Waals surface area contributed by atoms with E-state index in [1.165, 1.54) is 21.7 Å². The number of para-hydroxylation sites is 3. The molecular formula is C36H22N4. The van der Waals surface area contributed by atoms with Gasteiger partial charge < -0.3 is 4.57 Å². The summed E-state index contributed by atoms with van der Waals surface area (Å²) in [6, 6.07) is 42.9. The third-order valence-corrected chi connectivity index (χ3v) is 8.17. The highest BCUT2D eigenvalue weighted by molar-refractivity contribution is 6.35.